The van der Waals surface area contributed by atoms with Crippen molar-refractivity contribution in [3.63, 3.8) is 0 Å². The number of hydrogen-bond donors (Lipinski definition) is 0. The van der Waals surface area contributed by atoms with E-state index >= 15 is 0 Å². The van der Waals surface area contributed by atoms with E-state index in [0.717, 1.165) is 16.1 Å². The van der Waals surface area contributed by atoms with Gasteiger partial charge in [0.15, 0.2) is 5.78 Å². The Hall–Kier alpha value is -1.14. The third-order valence-corrected chi connectivity index (χ3v) is 6.09. The first-order valence-electron chi connectivity index (χ1n) is 6.73. The third kappa shape index (κ3) is 2.66. The van der Waals surface area contributed by atoms with E-state index in [4.69, 9.17) is 4.74 Å². The van der Waals surface area contributed by atoms with E-state index in [0.29, 0.717) is 23.5 Å². The maximum Gasteiger partial charge on any atom is 0.348 e. The number of thiophene rings is 1. The molecule has 1 unspecified atom stereocenters. The summed E-state index contributed by atoms with van der Waals surface area (Å²) in [4.78, 5) is 36.6. The zero-order chi connectivity index (χ0) is 15.8. The molecule has 0 spiro atoms. The highest BCUT2D eigenvalue weighted by Gasteiger charge is 2.45. The largest absolute Gasteiger partial charge is 0.462 e. The second kappa shape index (κ2) is 5.93. The van der Waals surface area contributed by atoms with E-state index in [1.807, 2.05) is 20.1 Å². The van der Waals surface area contributed by atoms with E-state index in [1.54, 1.807) is 6.92 Å². The Bertz CT molecular complexity index is 601. The molecule has 1 aromatic heterocycles. The Morgan fingerprint density at radius 3 is 2.71 bits per heavy atom. The molecular formula is C15H18O4S2. The number of ether oxygens (including phenoxy) is 1. The van der Waals surface area contributed by atoms with Crippen molar-refractivity contribution in [3.05, 3.63) is 16.0 Å². The monoisotopic (exact) mass is 326 g/mol. The number of esters is 1. The number of rotatable bonds is 4. The van der Waals surface area contributed by atoms with Crippen molar-refractivity contribution in [1.29, 1.82) is 0 Å². The maximum absolute atomic E-state index is 12.6. The van der Waals surface area contributed by atoms with Crippen LogP contribution in [0.15, 0.2) is 4.21 Å². The normalized spacial score (nSPS) is 20.0. The molecule has 0 amide bonds. The topological polar surface area (TPSA) is 60.4 Å². The molecule has 1 aliphatic carbocycles. The van der Waals surface area contributed by atoms with Gasteiger partial charge >= 0.3 is 5.97 Å². The Labute approximate surface area is 132 Å². The first-order chi connectivity index (χ1) is 9.87. The third-order valence-electron chi connectivity index (χ3n) is 3.76. The fourth-order valence-electron chi connectivity index (χ4n) is 2.69. The van der Waals surface area contributed by atoms with Gasteiger partial charge in [-0.15, -0.1) is 23.1 Å². The van der Waals surface area contributed by atoms with E-state index in [9.17, 15) is 14.4 Å². The van der Waals surface area contributed by atoms with E-state index in [1.165, 1.54) is 23.1 Å². The average molecular weight is 326 g/mol. The summed E-state index contributed by atoms with van der Waals surface area (Å²) in [5, 5.41) is 0. The van der Waals surface area contributed by atoms with Gasteiger partial charge in [0.1, 0.15) is 11.2 Å². The molecule has 0 aliphatic heterocycles. The summed E-state index contributed by atoms with van der Waals surface area (Å²) in [6, 6.07) is 0. The lowest BCUT2D eigenvalue weighted by atomic mass is 9.67. The minimum atomic E-state index is -0.652. The van der Waals surface area contributed by atoms with Gasteiger partial charge in [-0.05, 0) is 30.6 Å². The van der Waals surface area contributed by atoms with Gasteiger partial charge in [-0.25, -0.2) is 4.79 Å². The Morgan fingerprint density at radius 1 is 1.52 bits per heavy atom. The number of hydrogen-bond acceptors (Lipinski definition) is 6. The summed E-state index contributed by atoms with van der Waals surface area (Å²) < 4.78 is 5.88. The molecule has 114 valence electrons. The van der Waals surface area contributed by atoms with Crippen LogP contribution >= 0.6 is 23.1 Å². The van der Waals surface area contributed by atoms with Crippen molar-refractivity contribution in [2.45, 2.75) is 31.4 Å². The number of fused-ring (bicyclic) bond motifs is 1. The zero-order valence-corrected chi connectivity index (χ0v) is 14.2. The smallest absolute Gasteiger partial charge is 0.348 e. The summed E-state index contributed by atoms with van der Waals surface area (Å²) in [5.74, 6) is -1.21. The molecule has 6 heteroatoms. The number of aldehydes is 1. The van der Waals surface area contributed by atoms with Crippen molar-refractivity contribution in [3.8, 4) is 0 Å². The highest BCUT2D eigenvalue weighted by molar-refractivity contribution is 8.00. The van der Waals surface area contributed by atoms with Crippen LogP contribution in [-0.4, -0.2) is 30.9 Å². The quantitative estimate of drug-likeness (QED) is 0.368. The van der Waals surface area contributed by atoms with E-state index in [2.05, 4.69) is 0 Å². The second-order valence-electron chi connectivity index (χ2n) is 5.64. The molecule has 0 aromatic carbocycles. The number of ketones is 1. The van der Waals surface area contributed by atoms with Gasteiger partial charge in [0.25, 0.3) is 0 Å². The minimum Gasteiger partial charge on any atom is -0.462 e. The summed E-state index contributed by atoms with van der Waals surface area (Å²) in [6.07, 6.45) is 3.13. The van der Waals surface area contributed by atoms with Crippen LogP contribution in [0.25, 0.3) is 0 Å². The summed E-state index contributed by atoms with van der Waals surface area (Å²) in [7, 11) is 0. The molecule has 2 rings (SSSR count). The average Bonchev–Trinajstić information content (AvgIpc) is 2.76. The predicted octanol–water partition coefficient (Wildman–Crippen LogP) is 3.23. The molecule has 0 saturated heterocycles. The van der Waals surface area contributed by atoms with Gasteiger partial charge in [-0.3, -0.25) is 4.79 Å². The van der Waals surface area contributed by atoms with Gasteiger partial charge in [-0.2, -0.15) is 0 Å². The van der Waals surface area contributed by atoms with Crippen molar-refractivity contribution >= 4 is 41.1 Å². The van der Waals surface area contributed by atoms with Crippen LogP contribution in [-0.2, 0) is 16.0 Å². The fourth-order valence-corrected chi connectivity index (χ4v) is 4.65. The second-order valence-corrected chi connectivity index (χ2v) is 7.74. The molecule has 21 heavy (non-hydrogen) atoms. The molecule has 0 fully saturated rings. The number of thioether (sulfide) groups is 1. The fraction of sp³-hybridized carbons (Fsp3) is 0.533. The zero-order valence-electron chi connectivity index (χ0n) is 12.5. The van der Waals surface area contributed by atoms with Gasteiger partial charge in [0.2, 0.25) is 0 Å². The summed E-state index contributed by atoms with van der Waals surface area (Å²) in [6.45, 7) is 5.83. The standard InChI is InChI=1S/C15H18O4S2/c1-5-19-13(18)12-8-6-15(2,3)9(7-16)11(17)10(8)14(20-4)21-12/h7,9H,5-6H2,1-4H3. The molecule has 1 heterocycles. The molecule has 4 nitrogen and oxygen atoms in total. The van der Waals surface area contributed by atoms with Gasteiger partial charge in [-0.1, -0.05) is 13.8 Å². The highest BCUT2D eigenvalue weighted by atomic mass is 32.2. The van der Waals surface area contributed by atoms with Crippen LogP contribution in [0.2, 0.25) is 0 Å². The number of carbonyl (C=O) groups excluding carboxylic acids is 3. The molecule has 0 bridgehead atoms. The predicted molar refractivity (Wildman–Crippen MR) is 83.4 cm³/mol. The number of Topliss-reactive ketones (excluding diaryl/α,β-unsaturated/α-hetero) is 1. The van der Waals surface area contributed by atoms with Crippen LogP contribution in [0.3, 0.4) is 0 Å². The Kier molecular flexibility index (Phi) is 4.58. The van der Waals surface area contributed by atoms with Crippen LogP contribution in [0.5, 0.6) is 0 Å². The van der Waals surface area contributed by atoms with Crippen LogP contribution in [0, 0.1) is 11.3 Å². The summed E-state index contributed by atoms with van der Waals surface area (Å²) >= 11 is 2.72. The van der Waals surface area contributed by atoms with E-state index in [-0.39, 0.29) is 11.8 Å². The molecular weight excluding hydrogens is 308 g/mol. The Balaban J connectivity index is 2.61. The lowest BCUT2D eigenvalue weighted by Gasteiger charge is -2.34. The van der Waals surface area contributed by atoms with E-state index < -0.39 is 11.3 Å². The summed E-state index contributed by atoms with van der Waals surface area (Å²) in [5.41, 5.74) is 0.812. The highest BCUT2D eigenvalue weighted by Crippen LogP contribution is 2.46. The van der Waals surface area contributed by atoms with Crippen molar-refractivity contribution in [2.24, 2.45) is 11.3 Å². The minimum absolute atomic E-state index is 0.174. The molecule has 0 radical (unpaired) electrons. The van der Waals surface area contributed by atoms with Crippen molar-refractivity contribution in [1.82, 2.24) is 0 Å². The van der Waals surface area contributed by atoms with Crippen LogP contribution < -0.4 is 0 Å². The van der Waals surface area contributed by atoms with Crippen molar-refractivity contribution in [2.75, 3.05) is 12.9 Å². The first-order valence-corrected chi connectivity index (χ1v) is 8.77. The lowest BCUT2D eigenvalue weighted by Crippen LogP contribution is -2.39. The Morgan fingerprint density at radius 2 is 2.19 bits per heavy atom. The molecule has 1 atom stereocenters. The van der Waals surface area contributed by atoms with Gasteiger partial charge in [0.05, 0.1) is 16.7 Å². The lowest BCUT2D eigenvalue weighted by molar-refractivity contribution is -0.112. The van der Waals surface area contributed by atoms with Crippen LogP contribution in [0.1, 0.15) is 46.4 Å². The molecule has 1 aliphatic rings. The molecule has 1 aromatic rings. The van der Waals surface area contributed by atoms with Crippen molar-refractivity contribution < 1.29 is 19.1 Å². The van der Waals surface area contributed by atoms with Gasteiger partial charge < -0.3 is 9.53 Å². The molecule has 0 saturated carbocycles. The van der Waals surface area contributed by atoms with Gasteiger partial charge in [0, 0.05) is 5.56 Å². The first kappa shape index (κ1) is 16.2. The molecule has 0 N–H and O–H groups in total. The SMILES string of the molecule is CCOC(=O)c1sc(SC)c2c1CC(C)(C)C(C=O)C2=O. The van der Waals surface area contributed by atoms with Crippen LogP contribution in [0.4, 0.5) is 0 Å². The maximum atomic E-state index is 12.6. The number of carbonyl (C=O) groups is 3.